The van der Waals surface area contributed by atoms with E-state index in [0.717, 1.165) is 6.07 Å². The summed E-state index contributed by atoms with van der Waals surface area (Å²) in [7, 11) is 0. The molecule has 2 rings (SSSR count). The van der Waals surface area contributed by atoms with Gasteiger partial charge in [-0.2, -0.15) is 0 Å². The van der Waals surface area contributed by atoms with Crippen molar-refractivity contribution in [3.8, 4) is 17.2 Å². The van der Waals surface area contributed by atoms with Gasteiger partial charge in [0, 0.05) is 11.8 Å². The molecular weight excluding hydrogens is 270 g/mol. The van der Waals surface area contributed by atoms with E-state index < -0.39 is 5.91 Å². The molecule has 0 aliphatic rings. The number of anilines is 1. The van der Waals surface area contributed by atoms with Crippen molar-refractivity contribution < 1.29 is 20.1 Å². The van der Waals surface area contributed by atoms with Gasteiger partial charge in [-0.25, -0.2) is 0 Å². The number of phenolic OH excluding ortho intramolecular Hbond substituents is 3. The SMILES string of the molecule is O=C(Nc1ccc(Cl)c(O)c1)c1cc(O)ccc1O. The number of hydrogen-bond donors (Lipinski definition) is 4. The first-order valence-electron chi connectivity index (χ1n) is 5.29. The lowest BCUT2D eigenvalue weighted by molar-refractivity contribution is 0.102. The summed E-state index contributed by atoms with van der Waals surface area (Å²) in [4.78, 5) is 11.9. The molecule has 4 N–H and O–H groups in total. The fourth-order valence-electron chi connectivity index (χ4n) is 1.49. The van der Waals surface area contributed by atoms with Gasteiger partial charge in [-0.05, 0) is 30.3 Å². The van der Waals surface area contributed by atoms with E-state index in [-0.39, 0.29) is 27.8 Å². The van der Waals surface area contributed by atoms with Crippen molar-refractivity contribution in [2.45, 2.75) is 0 Å². The second kappa shape index (κ2) is 5.07. The molecule has 0 aliphatic carbocycles. The highest BCUT2D eigenvalue weighted by Crippen LogP contribution is 2.27. The largest absolute Gasteiger partial charge is 0.508 e. The zero-order valence-electron chi connectivity index (χ0n) is 9.59. The van der Waals surface area contributed by atoms with Gasteiger partial charge < -0.3 is 20.6 Å². The van der Waals surface area contributed by atoms with Crippen LogP contribution >= 0.6 is 11.6 Å². The number of aromatic hydroxyl groups is 3. The van der Waals surface area contributed by atoms with Gasteiger partial charge in [0.2, 0.25) is 0 Å². The van der Waals surface area contributed by atoms with Gasteiger partial charge in [-0.3, -0.25) is 4.79 Å². The number of benzene rings is 2. The van der Waals surface area contributed by atoms with Crippen LogP contribution < -0.4 is 5.32 Å². The lowest BCUT2D eigenvalue weighted by atomic mass is 10.1. The summed E-state index contributed by atoms with van der Waals surface area (Å²) in [5, 5.41) is 30.9. The summed E-state index contributed by atoms with van der Waals surface area (Å²) in [5.41, 5.74) is 0.240. The highest BCUT2D eigenvalue weighted by Gasteiger charge is 2.12. The first kappa shape index (κ1) is 13.0. The minimum Gasteiger partial charge on any atom is -0.508 e. The predicted molar refractivity (Wildman–Crippen MR) is 70.8 cm³/mol. The van der Waals surface area contributed by atoms with Crippen LogP contribution in [0.15, 0.2) is 36.4 Å². The van der Waals surface area contributed by atoms with Crippen molar-refractivity contribution in [1.82, 2.24) is 0 Å². The van der Waals surface area contributed by atoms with Crippen LogP contribution in [0.25, 0.3) is 0 Å². The number of phenols is 3. The zero-order valence-corrected chi connectivity index (χ0v) is 10.3. The first-order chi connectivity index (χ1) is 8.97. The van der Waals surface area contributed by atoms with Crippen LogP contribution in [0, 0.1) is 0 Å². The van der Waals surface area contributed by atoms with E-state index in [9.17, 15) is 20.1 Å². The summed E-state index contributed by atoms with van der Waals surface area (Å²) in [6.07, 6.45) is 0. The summed E-state index contributed by atoms with van der Waals surface area (Å²) < 4.78 is 0. The van der Waals surface area contributed by atoms with Crippen LogP contribution in [-0.2, 0) is 0 Å². The molecule has 98 valence electrons. The van der Waals surface area contributed by atoms with Gasteiger partial charge in [0.05, 0.1) is 10.6 Å². The quantitative estimate of drug-likeness (QED) is 0.636. The molecule has 0 aliphatic heterocycles. The Labute approximate surface area is 113 Å². The number of hydrogen-bond acceptors (Lipinski definition) is 4. The zero-order chi connectivity index (χ0) is 14.0. The van der Waals surface area contributed by atoms with Gasteiger partial charge >= 0.3 is 0 Å². The molecule has 19 heavy (non-hydrogen) atoms. The van der Waals surface area contributed by atoms with Crippen molar-refractivity contribution in [2.75, 3.05) is 5.32 Å². The number of carbonyl (C=O) groups is 1. The lowest BCUT2D eigenvalue weighted by Gasteiger charge is -2.08. The minimum atomic E-state index is -0.616. The van der Waals surface area contributed by atoms with E-state index in [1.54, 1.807) is 0 Å². The number of amides is 1. The summed E-state index contributed by atoms with van der Waals surface area (Å²) in [6, 6.07) is 7.82. The number of nitrogens with one attached hydrogen (secondary N) is 1. The molecule has 0 fully saturated rings. The Hall–Kier alpha value is -2.40. The molecule has 0 spiro atoms. The normalized spacial score (nSPS) is 10.2. The maximum Gasteiger partial charge on any atom is 0.259 e. The maximum atomic E-state index is 11.9. The lowest BCUT2D eigenvalue weighted by Crippen LogP contribution is -2.11. The Balaban J connectivity index is 2.25. The Bertz CT molecular complexity index is 643. The molecular formula is C13H10ClNO4. The molecule has 2 aromatic rings. The fraction of sp³-hybridized carbons (Fsp3) is 0. The van der Waals surface area contributed by atoms with Crippen LogP contribution in [0.3, 0.4) is 0 Å². The molecule has 0 radical (unpaired) electrons. The van der Waals surface area contributed by atoms with Crippen LogP contribution in [0.1, 0.15) is 10.4 Å². The van der Waals surface area contributed by atoms with Gasteiger partial charge in [0.25, 0.3) is 5.91 Å². The van der Waals surface area contributed by atoms with Crippen LogP contribution in [-0.4, -0.2) is 21.2 Å². The van der Waals surface area contributed by atoms with Crippen LogP contribution in [0.5, 0.6) is 17.2 Å². The molecule has 0 aromatic heterocycles. The molecule has 0 saturated heterocycles. The highest BCUT2D eigenvalue weighted by atomic mass is 35.5. The third-order valence-corrected chi connectivity index (χ3v) is 2.75. The Morgan fingerprint density at radius 2 is 1.74 bits per heavy atom. The molecule has 0 saturated carbocycles. The number of carbonyl (C=O) groups excluding carboxylic acids is 1. The average Bonchev–Trinajstić information content (AvgIpc) is 2.36. The van der Waals surface area contributed by atoms with Crippen molar-refractivity contribution in [1.29, 1.82) is 0 Å². The molecule has 6 heteroatoms. The Morgan fingerprint density at radius 1 is 1.00 bits per heavy atom. The van der Waals surface area contributed by atoms with Crippen LogP contribution in [0.2, 0.25) is 5.02 Å². The van der Waals surface area contributed by atoms with Gasteiger partial charge in [-0.15, -0.1) is 0 Å². The van der Waals surface area contributed by atoms with Crippen molar-refractivity contribution in [3.63, 3.8) is 0 Å². The number of halogens is 1. The smallest absolute Gasteiger partial charge is 0.259 e. The first-order valence-corrected chi connectivity index (χ1v) is 5.67. The van der Waals surface area contributed by atoms with Gasteiger partial charge in [-0.1, -0.05) is 11.6 Å². The average molecular weight is 280 g/mol. The molecule has 0 bridgehead atoms. The minimum absolute atomic E-state index is 0.0746. The third-order valence-electron chi connectivity index (χ3n) is 2.43. The van der Waals surface area contributed by atoms with Crippen molar-refractivity contribution >= 4 is 23.2 Å². The fourth-order valence-corrected chi connectivity index (χ4v) is 1.61. The summed E-state index contributed by atoms with van der Waals surface area (Å²) >= 11 is 5.64. The maximum absolute atomic E-state index is 11.9. The Kier molecular flexibility index (Phi) is 3.48. The standard InChI is InChI=1S/C13H10ClNO4/c14-10-3-1-7(5-12(10)18)15-13(19)9-6-8(16)2-4-11(9)17/h1-6,16-18H,(H,15,19). The number of rotatable bonds is 2. The molecule has 5 nitrogen and oxygen atoms in total. The predicted octanol–water partition coefficient (Wildman–Crippen LogP) is 2.71. The Morgan fingerprint density at radius 3 is 2.42 bits per heavy atom. The monoisotopic (exact) mass is 279 g/mol. The molecule has 0 atom stereocenters. The second-order valence-corrected chi connectivity index (χ2v) is 4.23. The van der Waals surface area contributed by atoms with Gasteiger partial charge in [0.1, 0.15) is 17.2 Å². The van der Waals surface area contributed by atoms with E-state index >= 15 is 0 Å². The summed E-state index contributed by atoms with van der Waals surface area (Å²) in [5.74, 6) is -1.18. The second-order valence-electron chi connectivity index (χ2n) is 3.82. The van der Waals surface area contributed by atoms with E-state index in [1.165, 1.54) is 30.3 Å². The van der Waals surface area contributed by atoms with Crippen molar-refractivity contribution in [3.05, 3.63) is 47.0 Å². The molecule has 1 amide bonds. The molecule has 2 aromatic carbocycles. The summed E-state index contributed by atoms with van der Waals surface area (Å²) in [6.45, 7) is 0. The highest BCUT2D eigenvalue weighted by molar-refractivity contribution is 6.32. The van der Waals surface area contributed by atoms with Crippen molar-refractivity contribution in [2.24, 2.45) is 0 Å². The van der Waals surface area contributed by atoms with E-state index in [0.29, 0.717) is 5.69 Å². The molecule has 0 heterocycles. The van der Waals surface area contributed by atoms with E-state index in [2.05, 4.69) is 5.32 Å². The molecule has 0 unspecified atom stereocenters. The topological polar surface area (TPSA) is 89.8 Å². The van der Waals surface area contributed by atoms with E-state index in [1.807, 2.05) is 0 Å². The third kappa shape index (κ3) is 2.89. The van der Waals surface area contributed by atoms with Gasteiger partial charge in [0.15, 0.2) is 0 Å². The van der Waals surface area contributed by atoms with E-state index in [4.69, 9.17) is 11.6 Å². The van der Waals surface area contributed by atoms with Crippen LogP contribution in [0.4, 0.5) is 5.69 Å².